The van der Waals surface area contributed by atoms with Crippen molar-refractivity contribution in [1.82, 2.24) is 19.5 Å². The number of nitrogen functional groups attached to an aromatic ring is 1. The molecule has 11 heteroatoms. The fraction of sp³-hybridized carbons (Fsp3) is 0.615. The second kappa shape index (κ2) is 6.29. The van der Waals surface area contributed by atoms with Gasteiger partial charge >= 0.3 is 6.72 Å². The van der Waals surface area contributed by atoms with E-state index in [1.807, 2.05) is 11.5 Å². The molecule has 2 aromatic heterocycles. The lowest BCUT2D eigenvalue weighted by molar-refractivity contribution is -0.0875. The monoisotopic (exact) mass is 373 g/mol. The van der Waals surface area contributed by atoms with Gasteiger partial charge in [0.05, 0.1) is 18.5 Å². The van der Waals surface area contributed by atoms with E-state index in [2.05, 4.69) is 33.7 Å². The summed E-state index contributed by atoms with van der Waals surface area (Å²) < 4.78 is 13.0. The van der Waals surface area contributed by atoms with Crippen molar-refractivity contribution in [1.29, 1.82) is 0 Å². The molecular formula is C13H20N5O4PS. The largest absolute Gasteiger partial charge is 0.382 e. The summed E-state index contributed by atoms with van der Waals surface area (Å²) in [6.07, 6.45) is 4.27. The lowest BCUT2D eigenvalue weighted by Crippen LogP contribution is -2.30. The third-order valence-electron chi connectivity index (χ3n) is 4.23. The van der Waals surface area contributed by atoms with Gasteiger partial charge in [-0.3, -0.25) is 4.57 Å². The average molecular weight is 373 g/mol. The highest BCUT2D eigenvalue weighted by atomic mass is 32.5. The van der Waals surface area contributed by atoms with Crippen molar-refractivity contribution in [2.45, 2.75) is 38.5 Å². The molecule has 132 valence electrons. The number of rotatable bonds is 5. The summed E-state index contributed by atoms with van der Waals surface area (Å²) in [6.45, 7) is 0.223. The van der Waals surface area contributed by atoms with Crippen LogP contribution in [0.15, 0.2) is 12.7 Å². The molecule has 24 heavy (non-hydrogen) atoms. The van der Waals surface area contributed by atoms with E-state index in [1.54, 1.807) is 6.33 Å². The van der Waals surface area contributed by atoms with Crippen LogP contribution >= 0.6 is 6.72 Å². The number of imidazole rings is 1. The van der Waals surface area contributed by atoms with E-state index in [0.717, 1.165) is 6.42 Å². The van der Waals surface area contributed by atoms with E-state index in [0.29, 0.717) is 23.4 Å². The molecular weight excluding hydrogens is 353 g/mol. The summed E-state index contributed by atoms with van der Waals surface area (Å²) in [5.74, 6) is 0.500. The van der Waals surface area contributed by atoms with Crippen molar-refractivity contribution in [3.05, 3.63) is 12.7 Å². The molecule has 0 spiro atoms. The topological polar surface area (TPSA) is 129 Å². The molecule has 1 fully saturated rings. The fourth-order valence-corrected chi connectivity index (χ4v) is 3.69. The maximum absolute atomic E-state index is 9.29. The highest BCUT2D eigenvalue weighted by Gasteiger charge is 2.44. The second-order valence-electron chi connectivity index (χ2n) is 6.18. The molecule has 4 N–H and O–H groups in total. The number of nitrogens with two attached hydrogens (primary N) is 1. The van der Waals surface area contributed by atoms with Crippen LogP contribution in [0, 0.1) is 5.92 Å². The van der Waals surface area contributed by atoms with E-state index in [4.69, 9.17) is 15.0 Å². The molecule has 0 radical (unpaired) electrons. The number of anilines is 1. The lowest BCUT2D eigenvalue weighted by atomic mass is 9.93. The van der Waals surface area contributed by atoms with Crippen LogP contribution in [0.5, 0.6) is 0 Å². The highest BCUT2D eigenvalue weighted by Crippen LogP contribution is 2.46. The van der Waals surface area contributed by atoms with Gasteiger partial charge in [-0.1, -0.05) is 6.92 Å². The third-order valence-corrected chi connectivity index (χ3v) is 5.01. The summed E-state index contributed by atoms with van der Waals surface area (Å²) in [6, 6.07) is 0. The number of ether oxygens (including phenoxy) is 1. The van der Waals surface area contributed by atoms with Gasteiger partial charge in [-0.25, -0.2) is 15.0 Å². The first kappa shape index (κ1) is 17.7. The molecule has 1 aliphatic rings. The molecule has 0 aliphatic carbocycles. The normalized spacial score (nSPS) is 27.8. The van der Waals surface area contributed by atoms with Crippen LogP contribution in [0.25, 0.3) is 11.2 Å². The fourth-order valence-electron chi connectivity index (χ4n) is 3.09. The maximum Gasteiger partial charge on any atom is 0.321 e. The molecule has 3 rings (SSSR count). The van der Waals surface area contributed by atoms with Crippen molar-refractivity contribution in [2.24, 2.45) is 5.92 Å². The quantitative estimate of drug-likeness (QED) is 0.665. The summed E-state index contributed by atoms with van der Waals surface area (Å²) in [5.41, 5.74) is 6.28. The van der Waals surface area contributed by atoms with Gasteiger partial charge in [0.2, 0.25) is 0 Å². The predicted octanol–water partition coefficient (Wildman–Crippen LogP) is 1.34. The summed E-state index contributed by atoms with van der Waals surface area (Å²) in [7, 11) is 0. The Hall–Kier alpha value is -1.16. The molecule has 9 nitrogen and oxygen atoms in total. The van der Waals surface area contributed by atoms with Crippen molar-refractivity contribution >= 4 is 35.5 Å². The minimum absolute atomic E-state index is 0.00797. The van der Waals surface area contributed by atoms with Gasteiger partial charge in [0, 0.05) is 5.92 Å². The molecule has 1 aliphatic heterocycles. The van der Waals surface area contributed by atoms with Gasteiger partial charge < -0.3 is 24.8 Å². The van der Waals surface area contributed by atoms with Crippen LogP contribution in [0.4, 0.5) is 5.82 Å². The Bertz CT molecular complexity index is 796. The smallest absolute Gasteiger partial charge is 0.321 e. The Kier molecular flexibility index (Phi) is 4.63. The van der Waals surface area contributed by atoms with Crippen LogP contribution in [-0.4, -0.2) is 41.5 Å². The van der Waals surface area contributed by atoms with Gasteiger partial charge in [-0.15, -0.1) is 0 Å². The number of nitrogens with zero attached hydrogens (tertiary/aromatic N) is 4. The van der Waals surface area contributed by atoms with Crippen LogP contribution in [0.1, 0.15) is 32.9 Å². The van der Waals surface area contributed by atoms with E-state index in [9.17, 15) is 9.79 Å². The molecule has 0 amide bonds. The standard InChI is InChI=1S/C13H20N5O4PS/c1-3-8-4-13(2,5-21-23(19,20)24)22-12(8)18-7-17-9-10(14)15-6-16-11(9)18/h6-8,12H,3-5H2,1-2H3,(H2,14,15,16)(H2,19,20,24)/t8-,12-,13?/m1/s1. The first-order chi connectivity index (χ1) is 11.2. The van der Waals surface area contributed by atoms with E-state index in [1.165, 1.54) is 6.33 Å². The number of hydrogen-bond acceptors (Lipinski definition) is 7. The molecule has 1 unspecified atom stereocenters. The van der Waals surface area contributed by atoms with E-state index < -0.39 is 12.3 Å². The minimum Gasteiger partial charge on any atom is -0.382 e. The van der Waals surface area contributed by atoms with Gasteiger partial charge in [-0.05, 0) is 31.6 Å². The minimum atomic E-state index is -3.72. The van der Waals surface area contributed by atoms with E-state index in [-0.39, 0.29) is 18.8 Å². The molecule has 2 aromatic rings. The maximum atomic E-state index is 9.29. The van der Waals surface area contributed by atoms with Gasteiger partial charge in [0.1, 0.15) is 18.1 Å². The van der Waals surface area contributed by atoms with Crippen molar-refractivity contribution in [3.63, 3.8) is 0 Å². The SMILES string of the molecule is CC[C@@H]1CC(C)(COP(O)(O)=S)O[C@H]1n1cnc2c(N)ncnc21. The number of fused-ring (bicyclic) bond motifs is 1. The zero-order chi connectivity index (χ0) is 17.5. The molecule has 3 atom stereocenters. The molecule has 0 aromatic carbocycles. The lowest BCUT2D eigenvalue weighted by Gasteiger charge is -2.25. The van der Waals surface area contributed by atoms with Crippen LogP contribution in [0.2, 0.25) is 0 Å². The van der Waals surface area contributed by atoms with Gasteiger partial charge in [-0.2, -0.15) is 0 Å². The third kappa shape index (κ3) is 3.44. The van der Waals surface area contributed by atoms with E-state index >= 15 is 0 Å². The Morgan fingerprint density at radius 3 is 2.92 bits per heavy atom. The number of hydrogen-bond donors (Lipinski definition) is 3. The first-order valence-corrected chi connectivity index (χ1v) is 10.2. The van der Waals surface area contributed by atoms with Crippen molar-refractivity contribution < 1.29 is 19.0 Å². The van der Waals surface area contributed by atoms with Crippen LogP contribution in [-0.2, 0) is 21.1 Å². The predicted molar refractivity (Wildman–Crippen MR) is 91.3 cm³/mol. The Morgan fingerprint density at radius 1 is 1.50 bits per heavy atom. The molecule has 3 heterocycles. The van der Waals surface area contributed by atoms with Gasteiger partial charge in [0.15, 0.2) is 11.5 Å². The Balaban J connectivity index is 1.89. The highest BCUT2D eigenvalue weighted by molar-refractivity contribution is 8.06. The van der Waals surface area contributed by atoms with Gasteiger partial charge in [0.25, 0.3) is 0 Å². The Labute approximate surface area is 144 Å². The van der Waals surface area contributed by atoms with Crippen LogP contribution < -0.4 is 5.73 Å². The van der Waals surface area contributed by atoms with Crippen molar-refractivity contribution in [3.8, 4) is 0 Å². The molecule has 0 bridgehead atoms. The summed E-state index contributed by atoms with van der Waals surface area (Å²) in [5, 5.41) is 0. The molecule has 1 saturated heterocycles. The summed E-state index contributed by atoms with van der Waals surface area (Å²) in [4.78, 5) is 31.1. The molecule has 0 saturated carbocycles. The Morgan fingerprint density at radius 2 is 2.25 bits per heavy atom. The van der Waals surface area contributed by atoms with Crippen molar-refractivity contribution in [2.75, 3.05) is 12.3 Å². The summed E-state index contributed by atoms with van der Waals surface area (Å²) >= 11 is 4.51. The zero-order valence-electron chi connectivity index (χ0n) is 13.4. The average Bonchev–Trinajstić information content (AvgIpc) is 3.07. The first-order valence-electron chi connectivity index (χ1n) is 7.53. The zero-order valence-corrected chi connectivity index (χ0v) is 15.1. The van der Waals surface area contributed by atoms with Crippen LogP contribution in [0.3, 0.4) is 0 Å². The number of aromatic nitrogens is 4. The second-order valence-corrected chi connectivity index (χ2v) is 8.84.